The lowest BCUT2D eigenvalue weighted by molar-refractivity contribution is -0.188. The molecule has 2 amide bonds. The summed E-state index contributed by atoms with van der Waals surface area (Å²) < 4.78 is 11.9. The molecule has 0 radical (unpaired) electrons. The van der Waals surface area contributed by atoms with Crippen LogP contribution in [0.4, 0.5) is 0 Å². The molecule has 0 aromatic heterocycles. The van der Waals surface area contributed by atoms with E-state index < -0.39 is 47.4 Å². The van der Waals surface area contributed by atoms with Gasteiger partial charge in [0.1, 0.15) is 23.0 Å². The molecule has 292 valence electrons. The molecule has 3 saturated carbocycles. The highest BCUT2D eigenvalue weighted by Gasteiger charge is 2.65. The zero-order chi connectivity index (χ0) is 39.0. The second kappa shape index (κ2) is 17.9. The van der Waals surface area contributed by atoms with Gasteiger partial charge in [-0.3, -0.25) is 19.2 Å². The summed E-state index contributed by atoms with van der Waals surface area (Å²) in [4.78, 5) is 58.5. The number of aliphatic carboxylic acids is 2. The van der Waals surface area contributed by atoms with Crippen molar-refractivity contribution in [1.82, 2.24) is 9.80 Å². The molecule has 4 aromatic rings. The summed E-state index contributed by atoms with van der Waals surface area (Å²) >= 11 is 0. The summed E-state index contributed by atoms with van der Waals surface area (Å²) in [5, 5.41) is 21.2. The molecule has 0 atom stereocenters. The largest absolute Gasteiger partial charge is 0.481 e. The Labute approximate surface area is 328 Å². The van der Waals surface area contributed by atoms with E-state index in [0.717, 1.165) is 62.5 Å². The molecule has 3 aliphatic carbocycles. The monoisotopic (exact) mass is 758 g/mol. The highest BCUT2D eigenvalue weighted by molar-refractivity contribution is 5.99. The summed E-state index contributed by atoms with van der Waals surface area (Å²) in [6, 6.07) is 33.5. The Hall–Kier alpha value is -5.64. The van der Waals surface area contributed by atoms with Gasteiger partial charge in [0.2, 0.25) is 11.8 Å². The average Bonchev–Trinajstić information content (AvgIpc) is 3.91. The van der Waals surface area contributed by atoms with E-state index in [-0.39, 0.29) is 24.9 Å². The van der Waals surface area contributed by atoms with Gasteiger partial charge in [-0.25, -0.2) is 0 Å². The third kappa shape index (κ3) is 9.24. The number of carboxylic acids is 2. The zero-order valence-corrected chi connectivity index (χ0v) is 31.6. The van der Waals surface area contributed by atoms with E-state index in [1.807, 2.05) is 109 Å². The zero-order valence-electron chi connectivity index (χ0n) is 31.6. The number of hydrogen-bond donors (Lipinski definition) is 2. The van der Waals surface area contributed by atoms with E-state index in [9.17, 15) is 29.4 Å². The lowest BCUT2D eigenvalue weighted by Crippen LogP contribution is -2.64. The van der Waals surface area contributed by atoms with Crippen molar-refractivity contribution >= 4 is 23.8 Å². The number of carbonyl (C=O) groups excluding carboxylic acids is 2. The van der Waals surface area contributed by atoms with Crippen molar-refractivity contribution < 1.29 is 38.9 Å². The Bertz CT molecular complexity index is 1790. The predicted molar refractivity (Wildman–Crippen MR) is 210 cm³/mol. The Kier molecular flexibility index (Phi) is 12.3. The highest BCUT2D eigenvalue weighted by atomic mass is 16.5. The number of benzene rings is 4. The van der Waals surface area contributed by atoms with Crippen molar-refractivity contribution in [3.63, 3.8) is 0 Å². The SMILES string of the molecule is O=C(O)[C@H]1[C@H](C(=O)N(Cc2ccc(Oc3ccccc3)cc2)CC2CCCC2)[C@H](C(=O)O)[C@H]1C(=O)N(Cc1ccc(Oc2ccccc2)cc1)CC1CCCC1. The van der Waals surface area contributed by atoms with Crippen LogP contribution in [-0.2, 0) is 32.3 Å². The first kappa shape index (κ1) is 38.6. The van der Waals surface area contributed by atoms with Gasteiger partial charge in [0.05, 0.1) is 23.7 Å². The molecular weight excluding hydrogens is 709 g/mol. The number of carboxylic acid groups (broad SMARTS) is 2. The van der Waals surface area contributed by atoms with E-state index in [1.54, 1.807) is 9.80 Å². The minimum absolute atomic E-state index is 0.187. The minimum atomic E-state index is -1.46. The topological polar surface area (TPSA) is 134 Å². The molecule has 10 nitrogen and oxygen atoms in total. The maximum Gasteiger partial charge on any atom is 0.308 e. The number of amides is 2. The predicted octanol–water partition coefficient (Wildman–Crippen LogP) is 8.66. The van der Waals surface area contributed by atoms with Crippen LogP contribution in [0.2, 0.25) is 0 Å². The lowest BCUT2D eigenvalue weighted by atomic mass is 9.55. The first-order valence-corrected chi connectivity index (χ1v) is 19.9. The van der Waals surface area contributed by atoms with Crippen LogP contribution in [0.5, 0.6) is 23.0 Å². The van der Waals surface area contributed by atoms with Crippen LogP contribution >= 0.6 is 0 Å². The molecule has 10 heteroatoms. The van der Waals surface area contributed by atoms with Crippen LogP contribution < -0.4 is 9.47 Å². The van der Waals surface area contributed by atoms with E-state index in [0.29, 0.717) is 36.1 Å². The van der Waals surface area contributed by atoms with Crippen LogP contribution in [0.1, 0.15) is 62.5 Å². The third-order valence-electron chi connectivity index (χ3n) is 11.8. The number of carbonyl (C=O) groups is 4. The second-order valence-electron chi connectivity index (χ2n) is 15.6. The fraction of sp³-hybridized carbons (Fsp3) is 0.391. The summed E-state index contributed by atoms with van der Waals surface area (Å²) in [5.74, 6) is -6.26. The van der Waals surface area contributed by atoms with Crippen molar-refractivity contribution in [2.45, 2.75) is 64.5 Å². The third-order valence-corrected chi connectivity index (χ3v) is 11.8. The highest BCUT2D eigenvalue weighted by Crippen LogP contribution is 2.49. The van der Waals surface area contributed by atoms with E-state index >= 15 is 0 Å². The van der Waals surface area contributed by atoms with Crippen LogP contribution in [0.3, 0.4) is 0 Å². The van der Waals surface area contributed by atoms with Crippen molar-refractivity contribution in [2.75, 3.05) is 13.1 Å². The molecule has 7 rings (SSSR count). The Morgan fingerprint density at radius 2 is 0.786 bits per heavy atom. The van der Waals surface area contributed by atoms with Crippen LogP contribution in [0.15, 0.2) is 109 Å². The minimum Gasteiger partial charge on any atom is -0.481 e. The molecule has 2 N–H and O–H groups in total. The quantitative estimate of drug-likeness (QED) is 0.116. The molecule has 0 aliphatic heterocycles. The molecule has 3 aliphatic rings. The smallest absolute Gasteiger partial charge is 0.308 e. The second-order valence-corrected chi connectivity index (χ2v) is 15.6. The number of para-hydroxylation sites is 2. The van der Waals surface area contributed by atoms with Crippen molar-refractivity contribution in [3.8, 4) is 23.0 Å². The van der Waals surface area contributed by atoms with Gasteiger partial charge in [-0.2, -0.15) is 0 Å². The average molecular weight is 759 g/mol. The van der Waals surface area contributed by atoms with Crippen LogP contribution in [0.25, 0.3) is 0 Å². The molecule has 0 bridgehead atoms. The summed E-state index contributed by atoms with van der Waals surface area (Å²) in [6.07, 6.45) is 7.97. The van der Waals surface area contributed by atoms with Crippen LogP contribution in [0, 0.1) is 35.5 Å². The Morgan fingerprint density at radius 1 is 0.464 bits per heavy atom. The molecule has 3 fully saturated rings. The van der Waals surface area contributed by atoms with Gasteiger partial charge in [-0.1, -0.05) is 86.3 Å². The number of hydrogen-bond acceptors (Lipinski definition) is 6. The van der Waals surface area contributed by atoms with Gasteiger partial charge >= 0.3 is 11.9 Å². The normalized spacial score (nSPS) is 20.9. The van der Waals surface area contributed by atoms with Gasteiger partial charge in [0, 0.05) is 26.2 Å². The van der Waals surface area contributed by atoms with Crippen molar-refractivity contribution in [1.29, 1.82) is 0 Å². The molecule has 4 aromatic carbocycles. The molecule has 0 spiro atoms. The van der Waals surface area contributed by atoms with Crippen molar-refractivity contribution in [2.24, 2.45) is 35.5 Å². The van der Waals surface area contributed by atoms with Gasteiger partial charge in [-0.05, 0) is 97.2 Å². The lowest BCUT2D eigenvalue weighted by Gasteiger charge is -2.48. The van der Waals surface area contributed by atoms with Gasteiger partial charge in [0.15, 0.2) is 0 Å². The first-order valence-electron chi connectivity index (χ1n) is 19.9. The molecule has 56 heavy (non-hydrogen) atoms. The molecular formula is C46H50N2O8. The molecule has 0 saturated heterocycles. The van der Waals surface area contributed by atoms with Gasteiger partial charge in [0.25, 0.3) is 0 Å². The maximum atomic E-state index is 14.6. The standard InChI is InChI=1S/C46H50N2O8/c49-43(47(27-31-11-7-8-12-31)29-33-19-23-37(24-20-33)55-35-15-3-1-4-16-35)39-41(45(51)52)40(42(39)46(53)54)44(50)48(28-32-13-9-10-14-32)30-34-21-25-38(26-22-34)56-36-17-5-2-6-18-36/h1-6,15-26,31-32,39-42H,7-14,27-30H2,(H,51,52)(H,53,54)/t39-,40-,41-,42-. The molecule has 0 heterocycles. The fourth-order valence-corrected chi connectivity index (χ4v) is 8.89. The number of rotatable bonds is 16. The van der Waals surface area contributed by atoms with Gasteiger partial charge in [-0.15, -0.1) is 0 Å². The molecule has 0 unspecified atom stereocenters. The Morgan fingerprint density at radius 3 is 1.11 bits per heavy atom. The summed E-state index contributed by atoms with van der Waals surface area (Å²) in [5.41, 5.74) is 1.62. The number of nitrogens with zero attached hydrogens (tertiary/aromatic N) is 2. The Balaban J connectivity index is 1.11. The fourth-order valence-electron chi connectivity index (χ4n) is 8.89. The summed E-state index contributed by atoms with van der Waals surface area (Å²) in [6.45, 7) is 1.17. The van der Waals surface area contributed by atoms with Crippen LogP contribution in [-0.4, -0.2) is 56.9 Å². The first-order chi connectivity index (χ1) is 27.2. The van der Waals surface area contributed by atoms with Crippen molar-refractivity contribution in [3.05, 3.63) is 120 Å². The van der Waals surface area contributed by atoms with Gasteiger partial charge < -0.3 is 29.5 Å². The maximum absolute atomic E-state index is 14.6. The van der Waals surface area contributed by atoms with E-state index in [4.69, 9.17) is 9.47 Å². The van der Waals surface area contributed by atoms with E-state index in [2.05, 4.69) is 0 Å². The summed E-state index contributed by atoms with van der Waals surface area (Å²) in [7, 11) is 0. The number of ether oxygens (including phenoxy) is 2. The van der Waals surface area contributed by atoms with E-state index in [1.165, 1.54) is 0 Å².